The van der Waals surface area contributed by atoms with Crippen molar-refractivity contribution >= 4 is 23.6 Å². The Balaban J connectivity index is 2.49. The van der Waals surface area contributed by atoms with Crippen LogP contribution in [0.15, 0.2) is 24.3 Å². The molecular weight excluding hydrogens is 312 g/mol. The van der Waals surface area contributed by atoms with Gasteiger partial charge in [0.15, 0.2) is 0 Å². The van der Waals surface area contributed by atoms with Gasteiger partial charge in [-0.2, -0.15) is 5.26 Å². The van der Waals surface area contributed by atoms with E-state index in [4.69, 9.17) is 10.4 Å². The van der Waals surface area contributed by atoms with Gasteiger partial charge in [-0.15, -0.1) is 11.8 Å². The van der Waals surface area contributed by atoms with E-state index in [1.165, 1.54) is 11.8 Å². The van der Waals surface area contributed by atoms with Gasteiger partial charge in [0, 0.05) is 11.3 Å². The second kappa shape index (κ2) is 8.59. The topological polar surface area (TPSA) is 90.2 Å². The van der Waals surface area contributed by atoms with E-state index in [0.717, 1.165) is 5.56 Å². The fraction of sp³-hybridized carbons (Fsp3) is 0.471. The number of hydrogen-bond donors (Lipinski definition) is 2. The summed E-state index contributed by atoms with van der Waals surface area (Å²) in [6.07, 6.45) is -0.101. The largest absolute Gasteiger partial charge is 0.481 e. The van der Waals surface area contributed by atoms with Crippen LogP contribution in [0.25, 0.3) is 0 Å². The molecule has 2 N–H and O–H groups in total. The smallest absolute Gasteiger partial charge is 0.305 e. The van der Waals surface area contributed by atoms with Crippen LogP contribution in [0.4, 0.5) is 0 Å². The minimum absolute atomic E-state index is 0.0195. The molecule has 0 radical (unpaired) electrons. The third-order valence-corrected chi connectivity index (χ3v) is 4.81. The number of aliphatic carboxylic acids is 1. The summed E-state index contributed by atoms with van der Waals surface area (Å²) in [5, 5.41) is 20.6. The standard InChI is InChI=1S/C17H22N2O3S/c1-12(2)17(3,8-16(21)22)19-15(20)11-23-10-14-6-4-13(9-18)5-7-14/h4-7,12H,8,10-11H2,1-3H3,(H,19,20)(H,21,22). The molecule has 1 aromatic carbocycles. The summed E-state index contributed by atoms with van der Waals surface area (Å²) in [5.74, 6) is -0.142. The van der Waals surface area contributed by atoms with Gasteiger partial charge >= 0.3 is 5.97 Å². The van der Waals surface area contributed by atoms with E-state index in [-0.39, 0.29) is 24.0 Å². The van der Waals surface area contributed by atoms with E-state index in [1.54, 1.807) is 19.1 Å². The van der Waals surface area contributed by atoms with Gasteiger partial charge in [0.05, 0.1) is 23.8 Å². The summed E-state index contributed by atoms with van der Waals surface area (Å²) in [7, 11) is 0. The van der Waals surface area contributed by atoms with Gasteiger partial charge < -0.3 is 10.4 Å². The molecule has 1 aromatic rings. The second-order valence-electron chi connectivity index (χ2n) is 5.99. The molecule has 124 valence electrons. The van der Waals surface area contributed by atoms with Crippen molar-refractivity contribution in [3.63, 3.8) is 0 Å². The number of carboxylic acid groups (broad SMARTS) is 1. The molecule has 6 heteroatoms. The fourth-order valence-electron chi connectivity index (χ4n) is 2.00. The maximum Gasteiger partial charge on any atom is 0.305 e. The van der Waals surface area contributed by atoms with E-state index in [2.05, 4.69) is 11.4 Å². The SMILES string of the molecule is CC(C)C(C)(CC(=O)O)NC(=O)CSCc1ccc(C#N)cc1. The van der Waals surface area contributed by atoms with E-state index < -0.39 is 11.5 Å². The summed E-state index contributed by atoms with van der Waals surface area (Å²) in [5.41, 5.74) is 0.898. The summed E-state index contributed by atoms with van der Waals surface area (Å²) in [4.78, 5) is 23.0. The van der Waals surface area contributed by atoms with Crippen LogP contribution in [-0.4, -0.2) is 28.3 Å². The number of carboxylic acids is 1. The Morgan fingerprint density at radius 3 is 2.43 bits per heavy atom. The lowest BCUT2D eigenvalue weighted by Crippen LogP contribution is -2.51. The number of rotatable bonds is 8. The Bertz CT molecular complexity index is 593. The number of thioether (sulfide) groups is 1. The first kappa shape index (κ1) is 19.0. The number of benzene rings is 1. The summed E-state index contributed by atoms with van der Waals surface area (Å²) >= 11 is 1.46. The van der Waals surface area contributed by atoms with Crippen molar-refractivity contribution in [2.24, 2.45) is 5.92 Å². The molecule has 0 aromatic heterocycles. The van der Waals surface area contributed by atoms with E-state index in [1.807, 2.05) is 26.0 Å². The van der Waals surface area contributed by atoms with Crippen LogP contribution >= 0.6 is 11.8 Å². The lowest BCUT2D eigenvalue weighted by Gasteiger charge is -2.33. The number of hydrogen-bond acceptors (Lipinski definition) is 4. The molecular formula is C17H22N2O3S. The molecule has 0 heterocycles. The van der Waals surface area contributed by atoms with E-state index >= 15 is 0 Å². The number of nitrogens with zero attached hydrogens (tertiary/aromatic N) is 1. The second-order valence-corrected chi connectivity index (χ2v) is 6.98. The highest BCUT2D eigenvalue weighted by Gasteiger charge is 2.32. The third kappa shape index (κ3) is 6.33. The molecule has 23 heavy (non-hydrogen) atoms. The maximum atomic E-state index is 12.1. The first-order chi connectivity index (χ1) is 10.8. The Hall–Kier alpha value is -2.00. The fourth-order valence-corrected chi connectivity index (χ4v) is 2.79. The molecule has 0 aliphatic rings. The Labute approximate surface area is 141 Å². The normalized spacial score (nSPS) is 13.2. The van der Waals surface area contributed by atoms with Crippen molar-refractivity contribution in [3.05, 3.63) is 35.4 Å². The van der Waals surface area contributed by atoms with Gasteiger partial charge in [0.2, 0.25) is 5.91 Å². The van der Waals surface area contributed by atoms with Crippen molar-refractivity contribution in [2.75, 3.05) is 5.75 Å². The van der Waals surface area contributed by atoms with Crippen LogP contribution in [0.1, 0.15) is 38.3 Å². The molecule has 0 aliphatic heterocycles. The Kier molecular flexibility index (Phi) is 7.11. The molecule has 1 amide bonds. The van der Waals surface area contributed by atoms with E-state index in [9.17, 15) is 9.59 Å². The summed E-state index contributed by atoms with van der Waals surface area (Å²) in [6, 6.07) is 9.29. The van der Waals surface area contributed by atoms with Crippen LogP contribution in [-0.2, 0) is 15.3 Å². The minimum Gasteiger partial charge on any atom is -0.481 e. The van der Waals surface area contributed by atoms with Crippen molar-refractivity contribution in [1.82, 2.24) is 5.32 Å². The monoisotopic (exact) mass is 334 g/mol. The molecule has 0 aliphatic carbocycles. The number of nitriles is 1. The quantitative estimate of drug-likeness (QED) is 0.763. The zero-order valence-electron chi connectivity index (χ0n) is 13.6. The predicted octanol–water partition coefficient (Wildman–Crippen LogP) is 2.80. The lowest BCUT2D eigenvalue weighted by molar-refractivity contribution is -0.139. The van der Waals surface area contributed by atoms with Crippen LogP contribution < -0.4 is 5.32 Å². The first-order valence-electron chi connectivity index (χ1n) is 7.36. The zero-order valence-corrected chi connectivity index (χ0v) is 14.4. The number of carbonyl (C=O) groups is 2. The average molecular weight is 334 g/mol. The molecule has 0 fully saturated rings. The maximum absolute atomic E-state index is 12.1. The minimum atomic E-state index is -0.924. The highest BCUT2D eigenvalue weighted by molar-refractivity contribution is 7.99. The molecule has 1 unspecified atom stereocenters. The van der Waals surface area contributed by atoms with Gasteiger partial charge in [-0.1, -0.05) is 26.0 Å². The lowest BCUT2D eigenvalue weighted by atomic mass is 9.85. The van der Waals surface area contributed by atoms with Gasteiger partial charge in [0.1, 0.15) is 0 Å². The number of carbonyl (C=O) groups excluding carboxylic acids is 1. The Morgan fingerprint density at radius 1 is 1.35 bits per heavy atom. The van der Waals surface area contributed by atoms with Crippen LogP contribution in [0.3, 0.4) is 0 Å². The van der Waals surface area contributed by atoms with Crippen LogP contribution in [0, 0.1) is 17.2 Å². The zero-order chi connectivity index (χ0) is 17.5. The van der Waals surface area contributed by atoms with Gasteiger partial charge in [0.25, 0.3) is 0 Å². The van der Waals surface area contributed by atoms with Crippen LogP contribution in [0.2, 0.25) is 0 Å². The molecule has 0 saturated heterocycles. The highest BCUT2D eigenvalue weighted by atomic mass is 32.2. The number of amides is 1. The molecule has 1 atom stereocenters. The molecule has 0 spiro atoms. The van der Waals surface area contributed by atoms with E-state index in [0.29, 0.717) is 11.3 Å². The predicted molar refractivity (Wildman–Crippen MR) is 91.0 cm³/mol. The van der Waals surface area contributed by atoms with Crippen molar-refractivity contribution in [1.29, 1.82) is 5.26 Å². The van der Waals surface area contributed by atoms with Crippen molar-refractivity contribution in [3.8, 4) is 6.07 Å². The third-order valence-electron chi connectivity index (χ3n) is 3.80. The molecule has 1 rings (SSSR count). The molecule has 5 nitrogen and oxygen atoms in total. The Morgan fingerprint density at radius 2 is 1.96 bits per heavy atom. The van der Waals surface area contributed by atoms with Gasteiger partial charge in [-0.05, 0) is 30.5 Å². The first-order valence-corrected chi connectivity index (χ1v) is 8.52. The molecule has 0 saturated carbocycles. The van der Waals surface area contributed by atoms with Crippen molar-refractivity contribution < 1.29 is 14.7 Å². The highest BCUT2D eigenvalue weighted by Crippen LogP contribution is 2.21. The van der Waals surface area contributed by atoms with Crippen molar-refractivity contribution in [2.45, 2.75) is 38.5 Å². The number of nitrogens with one attached hydrogen (secondary N) is 1. The molecule has 0 bridgehead atoms. The average Bonchev–Trinajstić information content (AvgIpc) is 2.46. The summed E-state index contributed by atoms with van der Waals surface area (Å²) < 4.78 is 0. The summed E-state index contributed by atoms with van der Waals surface area (Å²) in [6.45, 7) is 5.55. The van der Waals surface area contributed by atoms with Gasteiger partial charge in [-0.25, -0.2) is 0 Å². The van der Waals surface area contributed by atoms with Crippen LogP contribution in [0.5, 0.6) is 0 Å². The van der Waals surface area contributed by atoms with Gasteiger partial charge in [-0.3, -0.25) is 9.59 Å².